The van der Waals surface area contributed by atoms with E-state index in [1.165, 1.54) is 6.33 Å². The summed E-state index contributed by atoms with van der Waals surface area (Å²) in [5.74, 6) is 6.68. The summed E-state index contributed by atoms with van der Waals surface area (Å²) < 4.78 is 6.17. The summed E-state index contributed by atoms with van der Waals surface area (Å²) in [5.41, 5.74) is 2.60. The molecule has 2 atom stereocenters. The molecule has 1 aromatic heterocycles. The summed E-state index contributed by atoms with van der Waals surface area (Å²) >= 11 is 3.43. The lowest BCUT2D eigenvalue weighted by molar-refractivity contribution is -0.0795. The third-order valence-electron chi connectivity index (χ3n) is 3.70. The number of methoxy groups -OCH3 is 1. The van der Waals surface area contributed by atoms with Crippen LogP contribution in [0.25, 0.3) is 0 Å². The normalized spacial score (nSPS) is 25.4. The van der Waals surface area contributed by atoms with Crippen LogP contribution in [0.3, 0.4) is 0 Å². The number of halogens is 1. The quantitative estimate of drug-likeness (QED) is 0.580. The lowest BCUT2D eigenvalue weighted by atomic mass is 9.64. The van der Waals surface area contributed by atoms with Gasteiger partial charge in [0, 0.05) is 18.6 Å². The van der Waals surface area contributed by atoms with E-state index in [4.69, 9.17) is 10.6 Å². The lowest BCUT2D eigenvalue weighted by Gasteiger charge is -2.51. The van der Waals surface area contributed by atoms with Crippen LogP contribution >= 0.6 is 15.9 Å². The number of anilines is 2. The predicted molar refractivity (Wildman–Crippen MR) is 74.1 cm³/mol. The Morgan fingerprint density at radius 1 is 1.44 bits per heavy atom. The average molecular weight is 316 g/mol. The molecule has 1 saturated carbocycles. The molecule has 1 aromatic rings. The molecule has 1 aliphatic carbocycles. The SMILES string of the molecule is COC1CC(Nc2ncnc(NN)c2Br)C1(C)C. The number of hydrogen-bond acceptors (Lipinski definition) is 6. The van der Waals surface area contributed by atoms with E-state index in [1.54, 1.807) is 7.11 Å². The molecule has 0 bridgehead atoms. The number of hydrazine groups is 1. The van der Waals surface area contributed by atoms with E-state index in [0.717, 1.165) is 16.7 Å². The second-order valence-corrected chi connectivity index (χ2v) is 5.80. The van der Waals surface area contributed by atoms with E-state index >= 15 is 0 Å². The van der Waals surface area contributed by atoms with Gasteiger partial charge in [0.05, 0.1) is 6.10 Å². The van der Waals surface area contributed by atoms with Crippen molar-refractivity contribution in [2.75, 3.05) is 17.9 Å². The van der Waals surface area contributed by atoms with Crippen LogP contribution in [0.15, 0.2) is 10.8 Å². The van der Waals surface area contributed by atoms with Gasteiger partial charge in [0.2, 0.25) is 0 Å². The highest BCUT2D eigenvalue weighted by atomic mass is 79.9. The summed E-state index contributed by atoms with van der Waals surface area (Å²) in [7, 11) is 1.75. The van der Waals surface area contributed by atoms with Crippen molar-refractivity contribution < 1.29 is 4.74 Å². The van der Waals surface area contributed by atoms with Crippen LogP contribution in [0.2, 0.25) is 0 Å². The summed E-state index contributed by atoms with van der Waals surface area (Å²) in [6.07, 6.45) is 2.72. The molecule has 0 amide bonds. The van der Waals surface area contributed by atoms with E-state index < -0.39 is 0 Å². The second-order valence-electron chi connectivity index (χ2n) is 5.01. The molecule has 0 radical (unpaired) electrons. The highest BCUT2D eigenvalue weighted by molar-refractivity contribution is 9.10. The molecular formula is C11H18BrN5O. The molecule has 0 saturated heterocycles. The standard InChI is InChI=1S/C11H18BrN5O/c1-11(2)6(4-7(11)18-3)16-9-8(12)10(17-13)15-5-14-9/h5-7H,4,13H2,1-3H3,(H2,14,15,16,17). The van der Waals surface area contributed by atoms with Crippen LogP contribution < -0.4 is 16.6 Å². The van der Waals surface area contributed by atoms with Crippen molar-refractivity contribution in [1.29, 1.82) is 0 Å². The van der Waals surface area contributed by atoms with Gasteiger partial charge in [-0.3, -0.25) is 0 Å². The monoisotopic (exact) mass is 315 g/mol. The number of ether oxygens (including phenoxy) is 1. The van der Waals surface area contributed by atoms with Gasteiger partial charge >= 0.3 is 0 Å². The van der Waals surface area contributed by atoms with E-state index in [0.29, 0.717) is 11.9 Å². The summed E-state index contributed by atoms with van der Waals surface area (Å²) in [5, 5.41) is 3.40. The molecule has 4 N–H and O–H groups in total. The molecular weight excluding hydrogens is 298 g/mol. The Balaban J connectivity index is 2.12. The van der Waals surface area contributed by atoms with E-state index in [-0.39, 0.29) is 11.5 Å². The Bertz CT molecular complexity index is 439. The van der Waals surface area contributed by atoms with Crippen LogP contribution in [0.1, 0.15) is 20.3 Å². The van der Waals surface area contributed by atoms with Crippen molar-refractivity contribution in [3.05, 3.63) is 10.8 Å². The maximum Gasteiger partial charge on any atom is 0.159 e. The molecule has 0 aromatic carbocycles. The van der Waals surface area contributed by atoms with Gasteiger partial charge in [-0.2, -0.15) is 0 Å². The number of nitrogens with one attached hydrogen (secondary N) is 2. The molecule has 100 valence electrons. The van der Waals surface area contributed by atoms with Crippen molar-refractivity contribution in [3.8, 4) is 0 Å². The molecule has 6 nitrogen and oxygen atoms in total. The number of rotatable bonds is 4. The smallest absolute Gasteiger partial charge is 0.159 e. The molecule has 1 aliphatic rings. The van der Waals surface area contributed by atoms with Gasteiger partial charge < -0.3 is 15.5 Å². The minimum absolute atomic E-state index is 0.0788. The van der Waals surface area contributed by atoms with E-state index in [2.05, 4.69) is 50.5 Å². The Labute approximate surface area is 115 Å². The van der Waals surface area contributed by atoms with Gasteiger partial charge in [-0.05, 0) is 22.4 Å². The van der Waals surface area contributed by atoms with Crippen molar-refractivity contribution in [2.24, 2.45) is 11.3 Å². The van der Waals surface area contributed by atoms with Crippen LogP contribution in [0.4, 0.5) is 11.6 Å². The Kier molecular flexibility index (Phi) is 3.74. The van der Waals surface area contributed by atoms with Gasteiger partial charge in [-0.15, -0.1) is 0 Å². The maximum absolute atomic E-state index is 5.43. The highest BCUT2D eigenvalue weighted by Gasteiger charge is 2.48. The van der Waals surface area contributed by atoms with Crippen LogP contribution in [-0.2, 0) is 4.74 Å². The number of hydrogen-bond donors (Lipinski definition) is 3. The van der Waals surface area contributed by atoms with Crippen molar-refractivity contribution in [2.45, 2.75) is 32.4 Å². The van der Waals surface area contributed by atoms with Crippen LogP contribution in [-0.4, -0.2) is 29.2 Å². The third-order valence-corrected chi connectivity index (χ3v) is 4.45. The number of nitrogen functional groups attached to an aromatic ring is 1. The van der Waals surface area contributed by atoms with Gasteiger partial charge in [0.1, 0.15) is 16.6 Å². The zero-order valence-corrected chi connectivity index (χ0v) is 12.3. The Hall–Kier alpha value is -0.920. The molecule has 0 spiro atoms. The summed E-state index contributed by atoms with van der Waals surface area (Å²) in [4.78, 5) is 8.24. The van der Waals surface area contributed by atoms with E-state index in [9.17, 15) is 0 Å². The van der Waals surface area contributed by atoms with Gasteiger partial charge in [0.25, 0.3) is 0 Å². The number of aromatic nitrogens is 2. The molecule has 1 heterocycles. The maximum atomic E-state index is 5.43. The lowest BCUT2D eigenvalue weighted by Crippen LogP contribution is -2.57. The third kappa shape index (κ3) is 2.17. The van der Waals surface area contributed by atoms with Crippen LogP contribution in [0.5, 0.6) is 0 Å². The first-order valence-corrected chi connectivity index (χ1v) is 6.56. The fraction of sp³-hybridized carbons (Fsp3) is 0.636. The largest absolute Gasteiger partial charge is 0.381 e. The van der Waals surface area contributed by atoms with Crippen LogP contribution in [0, 0.1) is 5.41 Å². The van der Waals surface area contributed by atoms with Gasteiger partial charge in [0.15, 0.2) is 5.82 Å². The zero-order valence-electron chi connectivity index (χ0n) is 10.7. The first-order valence-electron chi connectivity index (χ1n) is 5.77. The fourth-order valence-electron chi connectivity index (χ4n) is 2.27. The minimum atomic E-state index is 0.0788. The average Bonchev–Trinajstić information content (AvgIpc) is 2.35. The van der Waals surface area contributed by atoms with Gasteiger partial charge in [-0.25, -0.2) is 15.8 Å². The predicted octanol–water partition coefficient (Wildman–Crippen LogP) is 1.75. The molecule has 1 fully saturated rings. The van der Waals surface area contributed by atoms with E-state index in [1.807, 2.05) is 0 Å². The number of nitrogens with zero attached hydrogens (tertiary/aromatic N) is 2. The molecule has 2 unspecified atom stereocenters. The summed E-state index contributed by atoms with van der Waals surface area (Å²) in [6.45, 7) is 4.36. The molecule has 18 heavy (non-hydrogen) atoms. The fourth-order valence-corrected chi connectivity index (χ4v) is 2.70. The van der Waals surface area contributed by atoms with Crippen molar-refractivity contribution in [3.63, 3.8) is 0 Å². The minimum Gasteiger partial charge on any atom is -0.381 e. The highest BCUT2D eigenvalue weighted by Crippen LogP contribution is 2.44. The van der Waals surface area contributed by atoms with Gasteiger partial charge in [-0.1, -0.05) is 13.8 Å². The molecule has 2 rings (SSSR count). The van der Waals surface area contributed by atoms with Crippen molar-refractivity contribution in [1.82, 2.24) is 9.97 Å². The zero-order chi connectivity index (χ0) is 13.3. The number of nitrogens with two attached hydrogens (primary N) is 1. The molecule has 7 heteroatoms. The second kappa shape index (κ2) is 4.99. The summed E-state index contributed by atoms with van der Waals surface area (Å²) in [6, 6.07) is 0.319. The Morgan fingerprint density at radius 3 is 2.67 bits per heavy atom. The topological polar surface area (TPSA) is 85.1 Å². The van der Waals surface area contributed by atoms with Crippen molar-refractivity contribution >= 4 is 27.6 Å². The first kappa shape index (κ1) is 13.5. The first-order chi connectivity index (χ1) is 8.50. The Morgan fingerprint density at radius 2 is 2.11 bits per heavy atom. The molecule has 0 aliphatic heterocycles.